The lowest BCUT2D eigenvalue weighted by Crippen LogP contribution is -2.49. The Morgan fingerprint density at radius 3 is 2.88 bits per heavy atom. The van der Waals surface area contributed by atoms with Crippen molar-refractivity contribution in [3.8, 4) is 0 Å². The molecule has 4 heteroatoms. The number of hydrogen-bond acceptors (Lipinski definition) is 3. The lowest BCUT2D eigenvalue weighted by molar-refractivity contribution is -0.126. The van der Waals surface area contributed by atoms with Crippen LogP contribution in [0.3, 0.4) is 0 Å². The fourth-order valence-corrected chi connectivity index (χ4v) is 2.35. The lowest BCUT2D eigenvalue weighted by atomic mass is 10.0. The van der Waals surface area contributed by atoms with Gasteiger partial charge in [-0.1, -0.05) is 13.8 Å². The molecule has 0 radical (unpaired) electrons. The van der Waals surface area contributed by atoms with Gasteiger partial charge in [0.05, 0.1) is 12.6 Å². The number of carbonyl (C=O) groups is 1. The highest BCUT2D eigenvalue weighted by molar-refractivity contribution is 5.81. The van der Waals surface area contributed by atoms with Gasteiger partial charge in [0.2, 0.25) is 5.91 Å². The minimum atomic E-state index is -0.131. The van der Waals surface area contributed by atoms with Crippen molar-refractivity contribution in [2.75, 3.05) is 19.7 Å². The maximum atomic E-state index is 11.8. The predicted molar refractivity (Wildman–Crippen MR) is 64.1 cm³/mol. The van der Waals surface area contributed by atoms with Crippen LogP contribution in [-0.4, -0.2) is 47.7 Å². The number of aliphatic hydroxyl groups is 1. The number of hydrogen-bond donors (Lipinski definition) is 2. The van der Waals surface area contributed by atoms with E-state index in [1.54, 1.807) is 0 Å². The van der Waals surface area contributed by atoms with Crippen molar-refractivity contribution in [2.24, 2.45) is 5.92 Å². The molecular weight excluding hydrogens is 204 g/mol. The van der Waals surface area contributed by atoms with Crippen LogP contribution in [-0.2, 0) is 4.79 Å². The van der Waals surface area contributed by atoms with E-state index in [4.69, 9.17) is 0 Å². The van der Waals surface area contributed by atoms with Gasteiger partial charge in [0.1, 0.15) is 0 Å². The van der Waals surface area contributed by atoms with E-state index in [0.29, 0.717) is 5.92 Å². The van der Waals surface area contributed by atoms with E-state index in [-0.39, 0.29) is 24.6 Å². The van der Waals surface area contributed by atoms with E-state index in [0.717, 1.165) is 25.9 Å². The first-order valence-electron chi connectivity index (χ1n) is 6.26. The molecule has 2 N–H and O–H groups in total. The number of aliphatic hydroxyl groups excluding tert-OH is 1. The summed E-state index contributed by atoms with van der Waals surface area (Å²) in [5.41, 5.74) is 0. The standard InChI is InChI=1S/C12H24N2O2/c1-4-6-13-12(16)10(3)14-7-5-9(2)11(14)8-15/h9-11,15H,4-8H2,1-3H3,(H,13,16). The molecule has 0 spiro atoms. The number of carbonyl (C=O) groups excluding carboxylic acids is 1. The Hall–Kier alpha value is -0.610. The van der Waals surface area contributed by atoms with Crippen molar-refractivity contribution in [2.45, 2.75) is 45.7 Å². The van der Waals surface area contributed by atoms with E-state index >= 15 is 0 Å². The van der Waals surface area contributed by atoms with Crippen LogP contribution in [0, 0.1) is 5.92 Å². The first-order valence-corrected chi connectivity index (χ1v) is 6.26. The Balaban J connectivity index is 2.52. The Morgan fingerprint density at radius 2 is 2.31 bits per heavy atom. The van der Waals surface area contributed by atoms with E-state index in [1.165, 1.54) is 0 Å². The second-order valence-electron chi connectivity index (χ2n) is 4.72. The molecule has 0 aromatic rings. The summed E-state index contributed by atoms with van der Waals surface area (Å²) in [4.78, 5) is 13.9. The molecule has 16 heavy (non-hydrogen) atoms. The van der Waals surface area contributed by atoms with Gasteiger partial charge in [-0.15, -0.1) is 0 Å². The maximum absolute atomic E-state index is 11.8. The molecule has 0 saturated carbocycles. The monoisotopic (exact) mass is 228 g/mol. The van der Waals surface area contributed by atoms with Gasteiger partial charge in [0.25, 0.3) is 0 Å². The van der Waals surface area contributed by atoms with Crippen molar-refractivity contribution >= 4 is 5.91 Å². The van der Waals surface area contributed by atoms with Gasteiger partial charge in [0, 0.05) is 12.6 Å². The van der Waals surface area contributed by atoms with Crippen molar-refractivity contribution in [1.29, 1.82) is 0 Å². The Labute approximate surface area is 98.0 Å². The van der Waals surface area contributed by atoms with Crippen molar-refractivity contribution < 1.29 is 9.90 Å². The molecule has 1 fully saturated rings. The van der Waals surface area contributed by atoms with Gasteiger partial charge in [-0.25, -0.2) is 0 Å². The average Bonchev–Trinajstić information content (AvgIpc) is 2.66. The third-order valence-corrected chi connectivity index (χ3v) is 3.54. The summed E-state index contributed by atoms with van der Waals surface area (Å²) in [6.45, 7) is 7.89. The highest BCUT2D eigenvalue weighted by Gasteiger charge is 2.35. The third kappa shape index (κ3) is 2.95. The van der Waals surface area contributed by atoms with Gasteiger partial charge < -0.3 is 10.4 Å². The first kappa shape index (κ1) is 13.5. The highest BCUT2D eigenvalue weighted by atomic mass is 16.3. The SMILES string of the molecule is CCCNC(=O)C(C)N1CCC(C)C1CO. The largest absolute Gasteiger partial charge is 0.395 e. The van der Waals surface area contributed by atoms with Gasteiger partial charge in [-0.05, 0) is 32.2 Å². The van der Waals surface area contributed by atoms with Crippen LogP contribution >= 0.6 is 0 Å². The maximum Gasteiger partial charge on any atom is 0.237 e. The number of amides is 1. The van der Waals surface area contributed by atoms with Crippen molar-refractivity contribution in [3.05, 3.63) is 0 Å². The van der Waals surface area contributed by atoms with E-state index in [9.17, 15) is 9.90 Å². The normalized spacial score (nSPS) is 28.0. The third-order valence-electron chi connectivity index (χ3n) is 3.54. The summed E-state index contributed by atoms with van der Waals surface area (Å²) in [5, 5.41) is 12.2. The molecule has 1 amide bonds. The zero-order valence-corrected chi connectivity index (χ0v) is 10.6. The summed E-state index contributed by atoms with van der Waals surface area (Å²) < 4.78 is 0. The van der Waals surface area contributed by atoms with Crippen molar-refractivity contribution in [1.82, 2.24) is 10.2 Å². The Kier molecular flexibility index (Phi) is 5.22. The fourth-order valence-electron chi connectivity index (χ4n) is 2.35. The van der Waals surface area contributed by atoms with Crippen molar-refractivity contribution in [3.63, 3.8) is 0 Å². The van der Waals surface area contributed by atoms with Crippen LogP contribution in [0.25, 0.3) is 0 Å². The first-order chi connectivity index (χ1) is 7.61. The van der Waals surface area contributed by atoms with Gasteiger partial charge in [0.15, 0.2) is 0 Å². The predicted octanol–water partition coefficient (Wildman–Crippen LogP) is 0.604. The van der Waals surface area contributed by atoms with E-state index in [1.807, 2.05) is 13.8 Å². The molecule has 1 heterocycles. The summed E-state index contributed by atoms with van der Waals surface area (Å²) in [6, 6.07) is 0.0102. The van der Waals surface area contributed by atoms with Gasteiger partial charge in [-0.2, -0.15) is 0 Å². The smallest absolute Gasteiger partial charge is 0.237 e. The summed E-state index contributed by atoms with van der Waals surface area (Å²) >= 11 is 0. The van der Waals surface area contributed by atoms with Crippen LogP contribution in [0.2, 0.25) is 0 Å². The zero-order chi connectivity index (χ0) is 12.1. The average molecular weight is 228 g/mol. The molecule has 94 valence electrons. The number of nitrogens with zero attached hydrogens (tertiary/aromatic N) is 1. The Morgan fingerprint density at radius 1 is 1.62 bits per heavy atom. The molecule has 0 aliphatic carbocycles. The molecular formula is C12H24N2O2. The van der Waals surface area contributed by atoms with E-state index in [2.05, 4.69) is 17.1 Å². The minimum Gasteiger partial charge on any atom is -0.395 e. The number of rotatable bonds is 5. The molecule has 3 unspecified atom stereocenters. The van der Waals surface area contributed by atoms with Crippen LogP contribution in [0.5, 0.6) is 0 Å². The van der Waals surface area contributed by atoms with E-state index < -0.39 is 0 Å². The Bertz CT molecular complexity index is 233. The number of likely N-dealkylation sites (tertiary alicyclic amines) is 1. The molecule has 3 atom stereocenters. The summed E-state index contributed by atoms with van der Waals surface area (Å²) in [6.07, 6.45) is 2.02. The topological polar surface area (TPSA) is 52.6 Å². The quantitative estimate of drug-likeness (QED) is 0.724. The molecule has 0 aromatic carbocycles. The molecule has 0 aromatic heterocycles. The van der Waals surface area contributed by atoms with Crippen LogP contribution in [0.15, 0.2) is 0 Å². The second kappa shape index (κ2) is 6.21. The van der Waals surface area contributed by atoms with Gasteiger partial charge >= 0.3 is 0 Å². The fraction of sp³-hybridized carbons (Fsp3) is 0.917. The molecule has 1 aliphatic rings. The zero-order valence-electron chi connectivity index (χ0n) is 10.6. The minimum absolute atomic E-state index is 0.0781. The van der Waals surface area contributed by atoms with Gasteiger partial charge in [-0.3, -0.25) is 9.69 Å². The molecule has 4 nitrogen and oxygen atoms in total. The molecule has 1 saturated heterocycles. The summed E-state index contributed by atoms with van der Waals surface area (Å²) in [5.74, 6) is 0.556. The van der Waals surface area contributed by atoms with Crippen LogP contribution in [0.4, 0.5) is 0 Å². The summed E-state index contributed by atoms with van der Waals surface area (Å²) in [7, 11) is 0. The van der Waals surface area contributed by atoms with Crippen LogP contribution < -0.4 is 5.32 Å². The second-order valence-corrected chi connectivity index (χ2v) is 4.72. The highest BCUT2D eigenvalue weighted by Crippen LogP contribution is 2.25. The molecule has 1 aliphatic heterocycles. The molecule has 1 rings (SSSR count). The lowest BCUT2D eigenvalue weighted by Gasteiger charge is -2.30. The van der Waals surface area contributed by atoms with Crippen LogP contribution in [0.1, 0.15) is 33.6 Å². The molecule has 0 bridgehead atoms. The number of nitrogens with one attached hydrogen (secondary N) is 1.